The van der Waals surface area contributed by atoms with Crippen molar-refractivity contribution in [1.29, 1.82) is 0 Å². The van der Waals surface area contributed by atoms with E-state index >= 15 is 0 Å². The van der Waals surface area contributed by atoms with Crippen LogP contribution in [-0.2, 0) is 10.0 Å². The topological polar surface area (TPSA) is 75.3 Å². The zero-order valence-electron chi connectivity index (χ0n) is 15.1. The van der Waals surface area contributed by atoms with Gasteiger partial charge in [-0.15, -0.1) is 11.8 Å². The Morgan fingerprint density at radius 3 is 2.28 bits per heavy atom. The van der Waals surface area contributed by atoms with Crippen LogP contribution in [0.1, 0.15) is 10.4 Å². The number of thioether (sulfide) groups is 1. The lowest BCUT2D eigenvalue weighted by Gasteiger charge is -2.12. The summed E-state index contributed by atoms with van der Waals surface area (Å²) in [4.78, 5) is 12.5. The largest absolute Gasteiger partial charge is 0.319 e. The summed E-state index contributed by atoms with van der Waals surface area (Å²) < 4.78 is 55.7. The van der Waals surface area contributed by atoms with E-state index in [2.05, 4.69) is 10.0 Å². The molecule has 0 saturated carbocycles. The first kappa shape index (κ1) is 20.8. The predicted molar refractivity (Wildman–Crippen MR) is 110 cm³/mol. The number of hydrogen-bond acceptors (Lipinski definition) is 4. The monoisotopic (exact) mass is 434 g/mol. The number of halogens is 2. The van der Waals surface area contributed by atoms with Gasteiger partial charge < -0.3 is 5.32 Å². The van der Waals surface area contributed by atoms with Gasteiger partial charge >= 0.3 is 0 Å². The Morgan fingerprint density at radius 2 is 1.59 bits per heavy atom. The molecule has 0 bridgehead atoms. The third-order valence-electron chi connectivity index (χ3n) is 3.97. The molecule has 3 aromatic carbocycles. The van der Waals surface area contributed by atoms with Gasteiger partial charge in [-0.05, 0) is 48.7 Å². The summed E-state index contributed by atoms with van der Waals surface area (Å²) in [5.41, 5.74) is -0.141. The number of carbonyl (C=O) groups is 1. The molecule has 3 aromatic rings. The molecule has 2 N–H and O–H groups in total. The number of sulfonamides is 1. The van der Waals surface area contributed by atoms with E-state index in [1.165, 1.54) is 30.0 Å². The lowest BCUT2D eigenvalue weighted by atomic mass is 10.2. The van der Waals surface area contributed by atoms with Crippen molar-refractivity contribution in [2.45, 2.75) is 9.79 Å². The van der Waals surface area contributed by atoms with E-state index in [1.807, 2.05) is 0 Å². The van der Waals surface area contributed by atoms with Crippen molar-refractivity contribution in [2.24, 2.45) is 0 Å². The van der Waals surface area contributed by atoms with Crippen LogP contribution >= 0.6 is 11.8 Å². The molecule has 0 unspecified atom stereocenters. The van der Waals surface area contributed by atoms with Gasteiger partial charge in [0.2, 0.25) is 0 Å². The highest BCUT2D eigenvalue weighted by atomic mass is 32.2. The number of anilines is 2. The van der Waals surface area contributed by atoms with Gasteiger partial charge in [-0.2, -0.15) is 0 Å². The first-order valence-corrected chi connectivity index (χ1v) is 11.0. The smallest absolute Gasteiger partial charge is 0.262 e. The SMILES string of the molecule is CSc1ccccc1NS(=O)(=O)c1ccc(NC(=O)c2ccccc2F)c(F)c1. The van der Waals surface area contributed by atoms with Gasteiger partial charge in [0.1, 0.15) is 11.6 Å². The normalized spacial score (nSPS) is 11.1. The lowest BCUT2D eigenvalue weighted by molar-refractivity contribution is 0.102. The zero-order valence-corrected chi connectivity index (χ0v) is 16.8. The molecule has 0 radical (unpaired) electrons. The van der Waals surface area contributed by atoms with E-state index < -0.39 is 27.6 Å². The minimum atomic E-state index is -4.05. The van der Waals surface area contributed by atoms with E-state index in [-0.39, 0.29) is 16.1 Å². The van der Waals surface area contributed by atoms with Crippen LogP contribution < -0.4 is 10.0 Å². The summed E-state index contributed by atoms with van der Waals surface area (Å²) in [6, 6.07) is 15.1. The highest BCUT2D eigenvalue weighted by Crippen LogP contribution is 2.28. The number of nitrogens with one attached hydrogen (secondary N) is 2. The number of rotatable bonds is 6. The Bertz CT molecular complexity index is 1170. The van der Waals surface area contributed by atoms with Crippen LogP contribution in [0.3, 0.4) is 0 Å². The fraction of sp³-hybridized carbons (Fsp3) is 0.0500. The summed E-state index contributed by atoms with van der Waals surface area (Å²) in [5, 5.41) is 2.24. The molecule has 0 aliphatic rings. The molecule has 0 heterocycles. The lowest BCUT2D eigenvalue weighted by Crippen LogP contribution is -2.16. The van der Waals surface area contributed by atoms with Crippen molar-refractivity contribution in [2.75, 3.05) is 16.3 Å². The van der Waals surface area contributed by atoms with E-state index in [9.17, 15) is 22.0 Å². The maximum atomic E-state index is 14.4. The Labute approximate surface area is 171 Å². The van der Waals surface area contributed by atoms with Crippen LogP contribution in [0, 0.1) is 11.6 Å². The summed E-state index contributed by atoms with van der Waals surface area (Å²) in [6.45, 7) is 0. The number of hydrogen-bond donors (Lipinski definition) is 2. The molecule has 0 aromatic heterocycles. The van der Waals surface area contributed by atoms with Crippen LogP contribution in [0.2, 0.25) is 0 Å². The second kappa shape index (κ2) is 8.62. The molecule has 9 heteroatoms. The molecule has 3 rings (SSSR count). The molecule has 0 atom stereocenters. The number of benzene rings is 3. The van der Waals surface area contributed by atoms with Crippen molar-refractivity contribution in [1.82, 2.24) is 0 Å². The molecule has 150 valence electrons. The highest BCUT2D eigenvalue weighted by Gasteiger charge is 2.19. The summed E-state index contributed by atoms with van der Waals surface area (Å²) in [7, 11) is -4.05. The minimum absolute atomic E-state index is 0.251. The van der Waals surface area contributed by atoms with Gasteiger partial charge in [0.15, 0.2) is 0 Å². The molecular formula is C20H16F2N2O3S2. The van der Waals surface area contributed by atoms with Crippen molar-refractivity contribution in [3.63, 3.8) is 0 Å². The second-order valence-electron chi connectivity index (χ2n) is 5.88. The number of amides is 1. The fourth-order valence-corrected chi connectivity index (χ4v) is 4.24. The molecule has 0 aliphatic carbocycles. The molecule has 0 fully saturated rings. The van der Waals surface area contributed by atoms with Crippen LogP contribution in [-0.4, -0.2) is 20.6 Å². The zero-order chi connectivity index (χ0) is 21.0. The molecule has 0 aliphatic heterocycles. The number of para-hydroxylation sites is 1. The molecule has 0 saturated heterocycles. The van der Waals surface area contributed by atoms with Gasteiger partial charge in [0.05, 0.1) is 21.8 Å². The van der Waals surface area contributed by atoms with Crippen molar-refractivity contribution >= 4 is 39.1 Å². The summed E-state index contributed by atoms with van der Waals surface area (Å²) >= 11 is 1.36. The van der Waals surface area contributed by atoms with E-state index in [0.29, 0.717) is 10.6 Å². The van der Waals surface area contributed by atoms with E-state index in [4.69, 9.17) is 0 Å². The van der Waals surface area contributed by atoms with Crippen molar-refractivity contribution < 1.29 is 22.0 Å². The first-order chi connectivity index (χ1) is 13.8. The van der Waals surface area contributed by atoms with Gasteiger partial charge in [-0.25, -0.2) is 17.2 Å². The van der Waals surface area contributed by atoms with Crippen LogP contribution in [0.5, 0.6) is 0 Å². The van der Waals surface area contributed by atoms with Crippen LogP contribution in [0.4, 0.5) is 20.2 Å². The van der Waals surface area contributed by atoms with Crippen LogP contribution in [0.15, 0.2) is 76.5 Å². The summed E-state index contributed by atoms with van der Waals surface area (Å²) in [5.74, 6) is -2.55. The van der Waals surface area contributed by atoms with Crippen molar-refractivity contribution in [3.8, 4) is 0 Å². The Kier molecular flexibility index (Phi) is 6.19. The third-order valence-corrected chi connectivity index (χ3v) is 6.13. The standard InChI is InChI=1S/C20H16F2N2O3S2/c1-28-19-9-5-4-8-18(19)24-29(26,27)13-10-11-17(16(22)12-13)23-20(25)14-6-2-3-7-15(14)21/h2-12,24H,1H3,(H,23,25). The molecule has 0 spiro atoms. The summed E-state index contributed by atoms with van der Waals surface area (Å²) in [6.07, 6.45) is 1.81. The quantitative estimate of drug-likeness (QED) is 0.550. The van der Waals surface area contributed by atoms with Gasteiger partial charge in [0, 0.05) is 4.90 Å². The molecule has 5 nitrogen and oxygen atoms in total. The Balaban J connectivity index is 1.83. The van der Waals surface area contributed by atoms with Crippen molar-refractivity contribution in [3.05, 3.63) is 83.9 Å². The maximum absolute atomic E-state index is 14.4. The molecule has 1 amide bonds. The fourth-order valence-electron chi connectivity index (χ4n) is 2.53. The first-order valence-electron chi connectivity index (χ1n) is 8.33. The molecular weight excluding hydrogens is 418 g/mol. The molecule has 29 heavy (non-hydrogen) atoms. The van der Waals surface area contributed by atoms with E-state index in [0.717, 1.165) is 24.3 Å². The number of carbonyl (C=O) groups excluding carboxylic acids is 1. The van der Waals surface area contributed by atoms with Crippen LogP contribution in [0.25, 0.3) is 0 Å². The minimum Gasteiger partial charge on any atom is -0.319 e. The van der Waals surface area contributed by atoms with Gasteiger partial charge in [-0.3, -0.25) is 9.52 Å². The average Bonchev–Trinajstić information content (AvgIpc) is 2.69. The van der Waals surface area contributed by atoms with Gasteiger partial charge in [-0.1, -0.05) is 24.3 Å². The second-order valence-corrected chi connectivity index (χ2v) is 8.41. The maximum Gasteiger partial charge on any atom is 0.262 e. The average molecular weight is 434 g/mol. The highest BCUT2D eigenvalue weighted by molar-refractivity contribution is 7.99. The Hall–Kier alpha value is -2.91. The van der Waals surface area contributed by atoms with E-state index in [1.54, 1.807) is 30.5 Å². The third kappa shape index (κ3) is 4.75. The Morgan fingerprint density at radius 1 is 0.897 bits per heavy atom. The predicted octanol–water partition coefficient (Wildman–Crippen LogP) is 4.74. The van der Waals surface area contributed by atoms with Gasteiger partial charge in [0.25, 0.3) is 15.9 Å².